The number of ketones is 2. The van der Waals surface area contributed by atoms with Crippen molar-refractivity contribution in [3.63, 3.8) is 0 Å². The van der Waals surface area contributed by atoms with Crippen molar-refractivity contribution in [1.29, 1.82) is 0 Å². The molecule has 3 rings (SSSR count). The molecule has 0 atom stereocenters. The number of esters is 1. The van der Waals surface area contributed by atoms with Crippen molar-refractivity contribution in [2.75, 3.05) is 13.7 Å². The van der Waals surface area contributed by atoms with E-state index < -0.39 is 0 Å². The molecule has 0 bridgehead atoms. The van der Waals surface area contributed by atoms with Gasteiger partial charge in [0.1, 0.15) is 16.5 Å². The van der Waals surface area contributed by atoms with Gasteiger partial charge in [-0.05, 0) is 37.5 Å². The lowest BCUT2D eigenvalue weighted by Gasteiger charge is -2.14. The third-order valence-electron chi connectivity index (χ3n) is 5.27. The number of carbonyl (C=O) groups excluding carboxylic acids is 3. The molecule has 0 unspecified atom stereocenters. The molecule has 0 amide bonds. The van der Waals surface area contributed by atoms with Crippen molar-refractivity contribution in [2.45, 2.75) is 51.9 Å². The van der Waals surface area contributed by atoms with Gasteiger partial charge in [-0.15, -0.1) is 11.3 Å². The average molecular weight is 430 g/mol. The lowest BCUT2D eigenvalue weighted by Crippen LogP contribution is -2.16. The van der Waals surface area contributed by atoms with Gasteiger partial charge in [0.15, 0.2) is 5.78 Å². The van der Waals surface area contributed by atoms with Crippen LogP contribution in [0.3, 0.4) is 0 Å². The Kier molecular flexibility index (Phi) is 7.74. The van der Waals surface area contributed by atoms with Crippen LogP contribution in [0.1, 0.15) is 59.2 Å². The molecule has 2 aromatic rings. The predicted octanol–water partition coefficient (Wildman–Crippen LogP) is 3.98. The molecule has 1 saturated carbocycles. The summed E-state index contributed by atoms with van der Waals surface area (Å²) in [6.07, 6.45) is 4.43. The van der Waals surface area contributed by atoms with E-state index in [1.807, 2.05) is 6.07 Å². The molecule has 7 heteroatoms. The summed E-state index contributed by atoms with van der Waals surface area (Å²) in [5, 5.41) is 2.44. The number of benzene rings is 1. The van der Waals surface area contributed by atoms with Crippen LogP contribution in [-0.4, -0.2) is 36.2 Å². The number of aromatic nitrogens is 1. The molecule has 1 heterocycles. The number of nitrogens with zero attached hydrogens (tertiary/aromatic N) is 1. The van der Waals surface area contributed by atoms with E-state index in [0.717, 1.165) is 31.2 Å². The van der Waals surface area contributed by atoms with Crippen LogP contribution in [0.2, 0.25) is 0 Å². The average Bonchev–Trinajstić information content (AvgIpc) is 3.40. The number of thiazole rings is 1. The monoisotopic (exact) mass is 429 g/mol. The summed E-state index contributed by atoms with van der Waals surface area (Å²) < 4.78 is 10.2. The molecule has 1 fully saturated rings. The normalized spacial score (nSPS) is 13.9. The molecule has 0 saturated heterocycles. The molecule has 0 spiro atoms. The molecule has 1 aliphatic carbocycles. The van der Waals surface area contributed by atoms with E-state index in [4.69, 9.17) is 9.47 Å². The van der Waals surface area contributed by atoms with E-state index in [-0.39, 0.29) is 42.7 Å². The fourth-order valence-corrected chi connectivity index (χ4v) is 4.61. The van der Waals surface area contributed by atoms with Crippen molar-refractivity contribution < 1.29 is 23.9 Å². The van der Waals surface area contributed by atoms with E-state index in [1.165, 1.54) is 11.3 Å². The van der Waals surface area contributed by atoms with Gasteiger partial charge in [-0.2, -0.15) is 0 Å². The van der Waals surface area contributed by atoms with Crippen molar-refractivity contribution in [1.82, 2.24) is 4.98 Å². The Balaban J connectivity index is 1.68. The zero-order valence-corrected chi connectivity index (χ0v) is 18.3. The van der Waals surface area contributed by atoms with Crippen molar-refractivity contribution in [3.8, 4) is 5.75 Å². The molecule has 30 heavy (non-hydrogen) atoms. The Morgan fingerprint density at radius 2 is 1.90 bits per heavy atom. The highest BCUT2D eigenvalue weighted by Gasteiger charge is 2.26. The smallest absolute Gasteiger partial charge is 0.311 e. The Hall–Kier alpha value is -2.54. The minimum Gasteiger partial charge on any atom is -0.497 e. The van der Waals surface area contributed by atoms with Crippen LogP contribution >= 0.6 is 11.3 Å². The van der Waals surface area contributed by atoms with Gasteiger partial charge >= 0.3 is 5.97 Å². The van der Waals surface area contributed by atoms with Gasteiger partial charge < -0.3 is 9.47 Å². The van der Waals surface area contributed by atoms with E-state index in [1.54, 1.807) is 31.5 Å². The molecular weight excluding hydrogens is 402 g/mol. The number of rotatable bonds is 10. The zero-order valence-electron chi connectivity index (χ0n) is 17.4. The third kappa shape index (κ3) is 5.75. The number of ether oxygens (including phenoxy) is 2. The molecular formula is C23H27NO5S. The van der Waals surface area contributed by atoms with Crippen LogP contribution in [-0.2, 0) is 33.6 Å². The minimum atomic E-state index is -0.325. The summed E-state index contributed by atoms with van der Waals surface area (Å²) in [4.78, 5) is 41.7. The van der Waals surface area contributed by atoms with Crippen LogP contribution in [0.5, 0.6) is 5.75 Å². The topological polar surface area (TPSA) is 82.6 Å². The second kappa shape index (κ2) is 10.5. The number of hydrogen-bond acceptors (Lipinski definition) is 7. The second-order valence-electron chi connectivity index (χ2n) is 7.48. The van der Waals surface area contributed by atoms with Crippen LogP contribution in [0.15, 0.2) is 23.6 Å². The van der Waals surface area contributed by atoms with E-state index in [2.05, 4.69) is 4.98 Å². The van der Waals surface area contributed by atoms with Gasteiger partial charge in [0, 0.05) is 23.3 Å². The first-order valence-electron chi connectivity index (χ1n) is 10.3. The molecule has 1 aromatic carbocycles. The maximum absolute atomic E-state index is 13.0. The summed E-state index contributed by atoms with van der Waals surface area (Å²) >= 11 is 1.36. The van der Waals surface area contributed by atoms with Crippen LogP contribution in [0.25, 0.3) is 0 Å². The number of methoxy groups -OCH3 is 1. The van der Waals surface area contributed by atoms with Gasteiger partial charge in [0.05, 0.1) is 32.3 Å². The summed E-state index contributed by atoms with van der Waals surface area (Å²) in [6, 6.07) is 5.35. The highest BCUT2D eigenvalue weighted by molar-refractivity contribution is 7.09. The Bertz CT molecular complexity index is 914. The summed E-state index contributed by atoms with van der Waals surface area (Å²) in [5.41, 5.74) is 1.94. The Morgan fingerprint density at radius 1 is 1.13 bits per heavy atom. The summed E-state index contributed by atoms with van der Waals surface area (Å²) in [5.74, 6) is 0.429. The second-order valence-corrected chi connectivity index (χ2v) is 8.42. The zero-order chi connectivity index (χ0) is 21.5. The minimum absolute atomic E-state index is 0.0160. The third-order valence-corrected chi connectivity index (χ3v) is 6.17. The van der Waals surface area contributed by atoms with Gasteiger partial charge in [-0.1, -0.05) is 18.9 Å². The van der Waals surface area contributed by atoms with Crippen molar-refractivity contribution >= 4 is 28.9 Å². The first-order valence-corrected chi connectivity index (χ1v) is 11.2. The lowest BCUT2D eigenvalue weighted by molar-refractivity contribution is -0.142. The number of hydrogen-bond donors (Lipinski definition) is 0. The SMILES string of the molecule is CCOC(=O)Cc1csc(CC(=O)Cc2ccc(OC)cc2C(=O)C2CCCC2)n1. The largest absolute Gasteiger partial charge is 0.497 e. The lowest BCUT2D eigenvalue weighted by atomic mass is 9.90. The van der Waals surface area contributed by atoms with Gasteiger partial charge in [0.2, 0.25) is 0 Å². The van der Waals surface area contributed by atoms with Gasteiger partial charge in [-0.3, -0.25) is 14.4 Å². The maximum Gasteiger partial charge on any atom is 0.311 e. The highest BCUT2D eigenvalue weighted by Crippen LogP contribution is 2.31. The molecule has 1 aromatic heterocycles. The Morgan fingerprint density at radius 3 is 2.60 bits per heavy atom. The fraction of sp³-hybridized carbons (Fsp3) is 0.478. The first kappa shape index (κ1) is 22.2. The Labute approximate surface area is 180 Å². The van der Waals surface area contributed by atoms with Crippen LogP contribution in [0, 0.1) is 5.92 Å². The van der Waals surface area contributed by atoms with E-state index >= 15 is 0 Å². The summed E-state index contributed by atoms with van der Waals surface area (Å²) in [7, 11) is 1.57. The molecule has 0 aliphatic heterocycles. The van der Waals surface area contributed by atoms with Gasteiger partial charge in [0.25, 0.3) is 0 Å². The van der Waals surface area contributed by atoms with Crippen LogP contribution in [0.4, 0.5) is 0 Å². The van der Waals surface area contributed by atoms with E-state index in [9.17, 15) is 14.4 Å². The van der Waals surface area contributed by atoms with Crippen molar-refractivity contribution in [2.24, 2.45) is 5.92 Å². The number of Topliss-reactive ketones (excluding diaryl/α,β-unsaturated/α-hetero) is 2. The predicted molar refractivity (Wildman–Crippen MR) is 114 cm³/mol. The van der Waals surface area contributed by atoms with Gasteiger partial charge in [-0.25, -0.2) is 4.98 Å². The van der Waals surface area contributed by atoms with Crippen LogP contribution < -0.4 is 4.74 Å². The first-order chi connectivity index (χ1) is 14.5. The molecule has 0 N–H and O–H groups in total. The fourth-order valence-electron chi connectivity index (χ4n) is 3.79. The summed E-state index contributed by atoms with van der Waals surface area (Å²) in [6.45, 7) is 2.09. The van der Waals surface area contributed by atoms with E-state index in [0.29, 0.717) is 28.6 Å². The molecule has 0 radical (unpaired) electrons. The maximum atomic E-state index is 13.0. The van der Waals surface area contributed by atoms with Crippen molar-refractivity contribution in [3.05, 3.63) is 45.4 Å². The molecule has 6 nitrogen and oxygen atoms in total. The highest BCUT2D eigenvalue weighted by atomic mass is 32.1. The standard InChI is InChI=1S/C23H27NO5S/c1-3-29-22(26)11-17-14-30-21(24-17)12-18(25)10-16-8-9-19(28-2)13-20(16)23(27)15-6-4-5-7-15/h8-9,13-15H,3-7,10-12H2,1-2H3. The quantitative estimate of drug-likeness (QED) is 0.420. The molecule has 160 valence electrons. The number of carbonyl (C=O) groups is 3. The molecule has 1 aliphatic rings.